The summed E-state index contributed by atoms with van der Waals surface area (Å²) in [6, 6.07) is 9.99. The third-order valence-corrected chi connectivity index (χ3v) is 7.38. The molecule has 1 aromatic heterocycles. The number of H-pyrrole nitrogens is 1. The summed E-state index contributed by atoms with van der Waals surface area (Å²) in [5.74, 6) is 0.930. The van der Waals surface area contributed by atoms with E-state index in [0.717, 1.165) is 35.8 Å². The zero-order valence-corrected chi connectivity index (χ0v) is 15.7. The van der Waals surface area contributed by atoms with Gasteiger partial charge in [-0.15, -0.1) is 0 Å². The maximum absolute atomic E-state index is 12.6. The van der Waals surface area contributed by atoms with E-state index >= 15 is 0 Å². The molecule has 3 fully saturated rings. The van der Waals surface area contributed by atoms with E-state index in [9.17, 15) is 4.79 Å². The van der Waals surface area contributed by atoms with E-state index in [4.69, 9.17) is 0 Å². The molecule has 4 nitrogen and oxygen atoms in total. The molecule has 0 spiro atoms. The zero-order chi connectivity index (χ0) is 17.5. The number of fused-ring (bicyclic) bond motifs is 2. The first kappa shape index (κ1) is 16.6. The van der Waals surface area contributed by atoms with Gasteiger partial charge < -0.3 is 4.98 Å². The van der Waals surface area contributed by atoms with Gasteiger partial charge in [0.1, 0.15) is 0 Å². The first-order chi connectivity index (χ1) is 12.8. The van der Waals surface area contributed by atoms with Crippen molar-refractivity contribution in [3.8, 4) is 0 Å². The van der Waals surface area contributed by atoms with Gasteiger partial charge in [-0.1, -0.05) is 37.8 Å². The summed E-state index contributed by atoms with van der Waals surface area (Å²) in [6.07, 6.45) is 13.6. The fraction of sp³-hybridized carbons (Fsp3) is 0.682. The Bertz CT molecular complexity index is 816. The van der Waals surface area contributed by atoms with Gasteiger partial charge in [-0.25, -0.2) is 4.79 Å². The Morgan fingerprint density at radius 2 is 1.73 bits per heavy atom. The lowest BCUT2D eigenvalue weighted by molar-refractivity contribution is -0.00153. The van der Waals surface area contributed by atoms with Crippen LogP contribution in [0.4, 0.5) is 0 Å². The summed E-state index contributed by atoms with van der Waals surface area (Å²) in [6.45, 7) is 1.17. The van der Waals surface area contributed by atoms with Crippen molar-refractivity contribution >= 4 is 11.0 Å². The monoisotopic (exact) mass is 353 g/mol. The average Bonchev–Trinajstić information content (AvgIpc) is 3.03. The second-order valence-corrected chi connectivity index (χ2v) is 8.78. The summed E-state index contributed by atoms with van der Waals surface area (Å²) in [5, 5.41) is 0. The number of aromatic nitrogens is 2. The number of hydrogen-bond acceptors (Lipinski definition) is 2. The summed E-state index contributed by atoms with van der Waals surface area (Å²) < 4.78 is 2.05. The molecule has 5 rings (SSSR count). The van der Waals surface area contributed by atoms with Crippen LogP contribution in [0.1, 0.15) is 70.3 Å². The third-order valence-electron chi connectivity index (χ3n) is 7.38. The van der Waals surface area contributed by atoms with Gasteiger partial charge in [0, 0.05) is 24.7 Å². The molecule has 2 aliphatic heterocycles. The maximum atomic E-state index is 12.6. The van der Waals surface area contributed by atoms with E-state index in [-0.39, 0.29) is 5.69 Å². The molecule has 1 aliphatic carbocycles. The van der Waals surface area contributed by atoms with Crippen molar-refractivity contribution in [3.63, 3.8) is 0 Å². The lowest BCUT2D eigenvalue weighted by Crippen LogP contribution is -2.54. The molecule has 3 aliphatic rings. The molecule has 3 heterocycles. The molecule has 140 valence electrons. The number of rotatable bonds is 2. The average molecular weight is 354 g/mol. The smallest absolute Gasteiger partial charge is 0.306 e. The minimum absolute atomic E-state index is 0.0734. The van der Waals surface area contributed by atoms with Gasteiger partial charge in [0.05, 0.1) is 11.0 Å². The molecular formula is C22H31N3O. The van der Waals surface area contributed by atoms with E-state index in [1.807, 2.05) is 18.2 Å². The van der Waals surface area contributed by atoms with Crippen LogP contribution in [0, 0.1) is 5.92 Å². The van der Waals surface area contributed by atoms with Crippen molar-refractivity contribution in [2.24, 2.45) is 5.92 Å². The van der Waals surface area contributed by atoms with Crippen LogP contribution in [-0.4, -0.2) is 33.1 Å². The Hall–Kier alpha value is -1.55. The number of para-hydroxylation sites is 2. The highest BCUT2D eigenvalue weighted by molar-refractivity contribution is 5.75. The number of hydrogen-bond donors (Lipinski definition) is 1. The molecule has 26 heavy (non-hydrogen) atoms. The Morgan fingerprint density at radius 1 is 0.885 bits per heavy atom. The topological polar surface area (TPSA) is 41.0 Å². The second-order valence-electron chi connectivity index (χ2n) is 8.78. The van der Waals surface area contributed by atoms with Gasteiger partial charge >= 0.3 is 5.69 Å². The minimum atomic E-state index is 0.0734. The van der Waals surface area contributed by atoms with Crippen LogP contribution < -0.4 is 5.69 Å². The van der Waals surface area contributed by atoms with Crippen LogP contribution in [0.25, 0.3) is 11.0 Å². The predicted molar refractivity (Wildman–Crippen MR) is 106 cm³/mol. The van der Waals surface area contributed by atoms with E-state index in [1.165, 1.54) is 57.9 Å². The number of piperidine rings is 2. The summed E-state index contributed by atoms with van der Waals surface area (Å²) in [5.41, 5.74) is 2.13. The third kappa shape index (κ3) is 2.83. The Balaban J connectivity index is 1.38. The van der Waals surface area contributed by atoms with Crippen LogP contribution in [-0.2, 0) is 0 Å². The standard InChI is InChI=1S/C22H31N3O/c26-22-23-19-10-4-5-11-21(19)25(22)18-13-14-24-17(15-18)9-6-12-20(24)16-7-2-1-3-8-16/h4-5,10-11,16-18,20H,1-3,6-9,12-15H2,(H,23,26)/t17-,18-,20+/m1/s1. The number of nitrogens with zero attached hydrogens (tertiary/aromatic N) is 2. The predicted octanol–water partition coefficient (Wildman–Crippen LogP) is 4.47. The largest absolute Gasteiger partial charge is 0.326 e. The SMILES string of the molecule is O=c1[nH]c2ccccc2n1[C@@H]1CCN2[C@H](CCC[C@H]2C2CCCCC2)C1. The first-order valence-corrected chi connectivity index (χ1v) is 10.8. The normalized spacial score (nSPS) is 31.2. The van der Waals surface area contributed by atoms with Gasteiger partial charge in [-0.05, 0) is 56.6 Å². The summed E-state index contributed by atoms with van der Waals surface area (Å²) in [7, 11) is 0. The van der Waals surface area contributed by atoms with Crippen molar-refractivity contribution in [2.45, 2.75) is 82.3 Å². The molecule has 3 atom stereocenters. The van der Waals surface area contributed by atoms with E-state index in [1.54, 1.807) is 0 Å². The van der Waals surface area contributed by atoms with Gasteiger partial charge in [-0.2, -0.15) is 0 Å². The van der Waals surface area contributed by atoms with Gasteiger partial charge in [0.25, 0.3) is 0 Å². The highest BCUT2D eigenvalue weighted by Gasteiger charge is 2.39. The lowest BCUT2D eigenvalue weighted by atomic mass is 9.76. The number of aromatic amines is 1. The Labute approximate surface area is 155 Å². The van der Waals surface area contributed by atoms with Crippen molar-refractivity contribution in [3.05, 3.63) is 34.7 Å². The fourth-order valence-corrected chi connectivity index (χ4v) is 6.19. The molecule has 2 aromatic rings. The van der Waals surface area contributed by atoms with Gasteiger partial charge in [0.2, 0.25) is 0 Å². The highest BCUT2D eigenvalue weighted by atomic mass is 16.1. The molecule has 1 saturated carbocycles. The quantitative estimate of drug-likeness (QED) is 0.865. The maximum Gasteiger partial charge on any atom is 0.326 e. The van der Waals surface area contributed by atoms with Crippen molar-refractivity contribution in [2.75, 3.05) is 6.54 Å². The first-order valence-electron chi connectivity index (χ1n) is 10.8. The van der Waals surface area contributed by atoms with Crippen LogP contribution >= 0.6 is 0 Å². The molecule has 0 radical (unpaired) electrons. The summed E-state index contributed by atoms with van der Waals surface area (Å²) in [4.78, 5) is 18.5. The van der Waals surface area contributed by atoms with Crippen molar-refractivity contribution in [1.29, 1.82) is 0 Å². The molecule has 2 saturated heterocycles. The molecule has 0 bridgehead atoms. The van der Waals surface area contributed by atoms with Crippen LogP contribution in [0.2, 0.25) is 0 Å². The zero-order valence-electron chi connectivity index (χ0n) is 15.7. The highest BCUT2D eigenvalue weighted by Crippen LogP contribution is 2.41. The van der Waals surface area contributed by atoms with Crippen molar-refractivity contribution in [1.82, 2.24) is 14.5 Å². The number of imidazole rings is 1. The van der Waals surface area contributed by atoms with E-state index in [0.29, 0.717) is 12.1 Å². The number of benzene rings is 1. The van der Waals surface area contributed by atoms with Crippen molar-refractivity contribution < 1.29 is 0 Å². The molecule has 4 heteroatoms. The minimum Gasteiger partial charge on any atom is -0.306 e. The lowest BCUT2D eigenvalue weighted by Gasteiger charge is -2.50. The van der Waals surface area contributed by atoms with Crippen LogP contribution in [0.15, 0.2) is 29.1 Å². The molecule has 0 amide bonds. The Kier molecular flexibility index (Phi) is 4.39. The van der Waals surface area contributed by atoms with E-state index in [2.05, 4.69) is 20.5 Å². The van der Waals surface area contributed by atoms with Crippen LogP contribution in [0.5, 0.6) is 0 Å². The molecular weight excluding hydrogens is 322 g/mol. The second kappa shape index (κ2) is 6.88. The number of nitrogens with one attached hydrogen (secondary N) is 1. The van der Waals surface area contributed by atoms with E-state index < -0.39 is 0 Å². The molecule has 0 unspecified atom stereocenters. The molecule has 1 N–H and O–H groups in total. The molecule has 1 aromatic carbocycles. The Morgan fingerprint density at radius 3 is 2.62 bits per heavy atom. The fourth-order valence-electron chi connectivity index (χ4n) is 6.19. The van der Waals surface area contributed by atoms with Gasteiger partial charge in [-0.3, -0.25) is 9.47 Å². The van der Waals surface area contributed by atoms with Crippen LogP contribution in [0.3, 0.4) is 0 Å². The summed E-state index contributed by atoms with van der Waals surface area (Å²) >= 11 is 0. The van der Waals surface area contributed by atoms with Gasteiger partial charge in [0.15, 0.2) is 0 Å².